The van der Waals surface area contributed by atoms with Gasteiger partial charge in [-0.1, -0.05) is 25.1 Å². The van der Waals surface area contributed by atoms with Crippen molar-refractivity contribution in [3.05, 3.63) is 29.8 Å². The third-order valence-corrected chi connectivity index (χ3v) is 3.59. The van der Waals surface area contributed by atoms with Crippen LogP contribution in [-0.2, 0) is 16.0 Å². The lowest BCUT2D eigenvalue weighted by Crippen LogP contribution is -2.37. The average Bonchev–Trinajstić information content (AvgIpc) is 2.80. The fraction of sp³-hybridized carbons (Fsp3) is 0.500. The van der Waals surface area contributed by atoms with E-state index < -0.39 is 0 Å². The first-order valence-corrected chi connectivity index (χ1v) is 7.21. The van der Waals surface area contributed by atoms with Crippen molar-refractivity contribution in [2.75, 3.05) is 11.4 Å². The first kappa shape index (κ1) is 14.6. The van der Waals surface area contributed by atoms with Gasteiger partial charge in [0.05, 0.1) is 5.92 Å². The maximum atomic E-state index is 12.2. The number of hydrogen-bond donors (Lipinski definition) is 1. The van der Waals surface area contributed by atoms with Gasteiger partial charge in [-0.05, 0) is 31.9 Å². The predicted octanol–water partition coefficient (Wildman–Crippen LogP) is 2.13. The van der Waals surface area contributed by atoms with E-state index in [0.29, 0.717) is 13.0 Å². The van der Waals surface area contributed by atoms with Crippen molar-refractivity contribution in [1.29, 1.82) is 0 Å². The van der Waals surface area contributed by atoms with Crippen LogP contribution in [0.4, 0.5) is 5.69 Å². The largest absolute Gasteiger partial charge is 0.354 e. The van der Waals surface area contributed by atoms with E-state index in [1.807, 2.05) is 38.1 Å². The summed E-state index contributed by atoms with van der Waals surface area (Å²) in [5.41, 5.74) is 2.09. The second-order valence-corrected chi connectivity index (χ2v) is 5.55. The van der Waals surface area contributed by atoms with E-state index in [-0.39, 0.29) is 23.8 Å². The van der Waals surface area contributed by atoms with Gasteiger partial charge in [0.15, 0.2) is 0 Å². The van der Waals surface area contributed by atoms with Gasteiger partial charge < -0.3 is 10.2 Å². The Balaban J connectivity index is 2.15. The summed E-state index contributed by atoms with van der Waals surface area (Å²) in [6.07, 6.45) is 1.18. The van der Waals surface area contributed by atoms with Gasteiger partial charge in [-0.25, -0.2) is 0 Å². The normalized spacial score (nSPS) is 18.7. The van der Waals surface area contributed by atoms with Crippen LogP contribution in [0.2, 0.25) is 0 Å². The highest BCUT2D eigenvalue weighted by Gasteiger charge is 2.35. The SMILES string of the molecule is CCc1ccccc1N1CC(C(=O)NC(C)C)CC1=O. The summed E-state index contributed by atoms with van der Waals surface area (Å²) < 4.78 is 0. The van der Waals surface area contributed by atoms with Gasteiger partial charge in [0.1, 0.15) is 0 Å². The Morgan fingerprint density at radius 3 is 2.75 bits per heavy atom. The van der Waals surface area contributed by atoms with E-state index >= 15 is 0 Å². The Kier molecular flexibility index (Phi) is 4.42. The number of nitrogens with one attached hydrogen (secondary N) is 1. The van der Waals surface area contributed by atoms with Crippen LogP contribution in [0, 0.1) is 5.92 Å². The Labute approximate surface area is 120 Å². The molecule has 1 aliphatic rings. The maximum absolute atomic E-state index is 12.2. The zero-order valence-electron chi connectivity index (χ0n) is 12.3. The summed E-state index contributed by atoms with van der Waals surface area (Å²) in [5.74, 6) is -0.227. The van der Waals surface area contributed by atoms with Crippen LogP contribution >= 0.6 is 0 Å². The second-order valence-electron chi connectivity index (χ2n) is 5.55. The second kappa shape index (κ2) is 6.07. The van der Waals surface area contributed by atoms with E-state index in [1.165, 1.54) is 0 Å². The van der Waals surface area contributed by atoms with Crippen molar-refractivity contribution in [2.24, 2.45) is 5.92 Å². The summed E-state index contributed by atoms with van der Waals surface area (Å²) >= 11 is 0. The van der Waals surface area contributed by atoms with Crippen molar-refractivity contribution in [2.45, 2.75) is 39.7 Å². The highest BCUT2D eigenvalue weighted by molar-refractivity contribution is 6.00. The van der Waals surface area contributed by atoms with E-state index in [2.05, 4.69) is 12.2 Å². The van der Waals surface area contributed by atoms with E-state index in [0.717, 1.165) is 17.7 Å². The lowest BCUT2D eigenvalue weighted by molar-refractivity contribution is -0.126. The molecule has 0 radical (unpaired) electrons. The average molecular weight is 274 g/mol. The molecule has 0 spiro atoms. The number of para-hydroxylation sites is 1. The minimum Gasteiger partial charge on any atom is -0.354 e. The van der Waals surface area contributed by atoms with Crippen molar-refractivity contribution in [3.63, 3.8) is 0 Å². The number of benzene rings is 1. The molecule has 2 rings (SSSR count). The Morgan fingerprint density at radius 2 is 2.10 bits per heavy atom. The summed E-state index contributed by atoms with van der Waals surface area (Å²) in [7, 11) is 0. The molecule has 0 bridgehead atoms. The van der Waals surface area contributed by atoms with Gasteiger partial charge in [-0.3, -0.25) is 9.59 Å². The summed E-state index contributed by atoms with van der Waals surface area (Å²) in [4.78, 5) is 26.0. The third-order valence-electron chi connectivity index (χ3n) is 3.59. The lowest BCUT2D eigenvalue weighted by atomic mass is 10.1. The summed E-state index contributed by atoms with van der Waals surface area (Å²) in [5, 5.41) is 2.89. The molecule has 1 unspecified atom stereocenters. The van der Waals surface area contributed by atoms with Crippen LogP contribution < -0.4 is 10.2 Å². The monoisotopic (exact) mass is 274 g/mol. The minimum atomic E-state index is -0.241. The van der Waals surface area contributed by atoms with Crippen LogP contribution in [0.1, 0.15) is 32.8 Å². The molecule has 1 aromatic carbocycles. The Bertz CT molecular complexity index is 511. The quantitative estimate of drug-likeness (QED) is 0.914. The number of amides is 2. The molecule has 1 saturated heterocycles. The number of anilines is 1. The number of carbonyl (C=O) groups is 2. The molecule has 0 saturated carbocycles. The topological polar surface area (TPSA) is 49.4 Å². The fourth-order valence-electron chi connectivity index (χ4n) is 2.59. The van der Waals surface area contributed by atoms with Crippen LogP contribution in [0.5, 0.6) is 0 Å². The van der Waals surface area contributed by atoms with Gasteiger partial charge in [-0.15, -0.1) is 0 Å². The van der Waals surface area contributed by atoms with Gasteiger partial charge in [0.25, 0.3) is 0 Å². The highest BCUT2D eigenvalue weighted by Crippen LogP contribution is 2.28. The number of aryl methyl sites for hydroxylation is 1. The van der Waals surface area contributed by atoms with Crippen LogP contribution in [0.15, 0.2) is 24.3 Å². The van der Waals surface area contributed by atoms with E-state index in [9.17, 15) is 9.59 Å². The smallest absolute Gasteiger partial charge is 0.227 e. The van der Waals surface area contributed by atoms with Gasteiger partial charge in [-0.2, -0.15) is 0 Å². The molecule has 1 aromatic rings. The molecule has 0 aromatic heterocycles. The van der Waals surface area contributed by atoms with Gasteiger partial charge in [0.2, 0.25) is 11.8 Å². The van der Waals surface area contributed by atoms with Crippen LogP contribution in [0.3, 0.4) is 0 Å². The zero-order chi connectivity index (χ0) is 14.7. The maximum Gasteiger partial charge on any atom is 0.227 e. The van der Waals surface area contributed by atoms with Crippen molar-refractivity contribution < 1.29 is 9.59 Å². The number of rotatable bonds is 4. The van der Waals surface area contributed by atoms with E-state index in [1.54, 1.807) is 4.90 Å². The van der Waals surface area contributed by atoms with Crippen LogP contribution in [-0.4, -0.2) is 24.4 Å². The Hall–Kier alpha value is -1.84. The highest BCUT2D eigenvalue weighted by atomic mass is 16.2. The van der Waals surface area contributed by atoms with Gasteiger partial charge >= 0.3 is 0 Å². The molecule has 4 heteroatoms. The van der Waals surface area contributed by atoms with Crippen molar-refractivity contribution in [1.82, 2.24) is 5.32 Å². The molecule has 1 aliphatic heterocycles. The first-order chi connectivity index (χ1) is 9.52. The Morgan fingerprint density at radius 1 is 1.40 bits per heavy atom. The number of carbonyl (C=O) groups excluding carboxylic acids is 2. The molecule has 0 aliphatic carbocycles. The van der Waals surface area contributed by atoms with Crippen molar-refractivity contribution >= 4 is 17.5 Å². The first-order valence-electron chi connectivity index (χ1n) is 7.21. The standard InChI is InChI=1S/C16H22N2O2/c1-4-12-7-5-6-8-14(12)18-10-13(9-15(18)19)16(20)17-11(2)3/h5-8,11,13H,4,9-10H2,1-3H3,(H,17,20). The number of nitrogens with zero attached hydrogens (tertiary/aromatic N) is 1. The summed E-state index contributed by atoms with van der Waals surface area (Å²) in [6.45, 7) is 6.41. The molecular weight excluding hydrogens is 252 g/mol. The molecule has 4 nitrogen and oxygen atoms in total. The van der Waals surface area contributed by atoms with Gasteiger partial charge in [0, 0.05) is 24.7 Å². The number of hydrogen-bond acceptors (Lipinski definition) is 2. The molecular formula is C16H22N2O2. The summed E-state index contributed by atoms with van der Waals surface area (Å²) in [6, 6.07) is 8.01. The fourth-order valence-corrected chi connectivity index (χ4v) is 2.59. The molecule has 1 heterocycles. The molecule has 108 valence electrons. The minimum absolute atomic E-state index is 0.0233. The molecule has 1 fully saturated rings. The zero-order valence-corrected chi connectivity index (χ0v) is 12.3. The predicted molar refractivity (Wildman–Crippen MR) is 79.6 cm³/mol. The lowest BCUT2D eigenvalue weighted by Gasteiger charge is -2.20. The van der Waals surface area contributed by atoms with Crippen LogP contribution in [0.25, 0.3) is 0 Å². The molecule has 1 N–H and O–H groups in total. The molecule has 20 heavy (non-hydrogen) atoms. The van der Waals surface area contributed by atoms with Crippen molar-refractivity contribution in [3.8, 4) is 0 Å². The third kappa shape index (κ3) is 3.00. The molecule has 1 atom stereocenters. The van der Waals surface area contributed by atoms with E-state index in [4.69, 9.17) is 0 Å². The molecule has 2 amide bonds.